The van der Waals surface area contributed by atoms with E-state index in [0.717, 1.165) is 26.7 Å². The van der Waals surface area contributed by atoms with Crippen molar-refractivity contribution >= 4 is 62.2 Å². The second kappa shape index (κ2) is 11.7. The molecule has 0 spiro atoms. The molecule has 1 unspecified atom stereocenters. The monoisotopic (exact) mass is 583 g/mol. The predicted octanol–water partition coefficient (Wildman–Crippen LogP) is 6.45. The zero-order chi connectivity index (χ0) is 25.7. The molecular formula is C27H22BrNO5S2. The number of carboxylic acid groups (broad SMARTS) is 1. The first-order chi connectivity index (χ1) is 17.4. The van der Waals surface area contributed by atoms with Gasteiger partial charge in [0.1, 0.15) is 10.9 Å². The Labute approximate surface area is 227 Å². The highest BCUT2D eigenvalue weighted by Gasteiger charge is 2.41. The number of carbonyl (C=O) groups is 2. The summed E-state index contributed by atoms with van der Waals surface area (Å²) in [6.07, 6.45) is 1.68. The number of thioether (sulfide) groups is 1. The molecule has 0 aliphatic carbocycles. The van der Waals surface area contributed by atoms with Crippen LogP contribution < -0.4 is 9.47 Å². The van der Waals surface area contributed by atoms with Crippen LogP contribution in [0.4, 0.5) is 0 Å². The number of thiocarbonyl (C=S) groups is 1. The van der Waals surface area contributed by atoms with E-state index in [1.807, 2.05) is 37.3 Å². The van der Waals surface area contributed by atoms with E-state index in [1.54, 1.807) is 48.5 Å². The molecule has 1 atom stereocenters. The molecule has 9 heteroatoms. The molecule has 4 rings (SSSR count). The Kier molecular flexibility index (Phi) is 8.45. The lowest BCUT2D eigenvalue weighted by Gasteiger charge is -2.23. The van der Waals surface area contributed by atoms with Gasteiger partial charge in [-0.15, -0.1) is 0 Å². The standard InChI is InChI=1S/C27H22BrNO5S2/c1-2-33-22-14-18(10-13-21(22)34-16-17-8-11-20(28)12-9-17)15-23-25(30)29(27(35)36-23)24(26(31)32)19-6-4-3-5-7-19/h3-15,24H,2,16H2,1H3,(H,31,32)/b23-15+. The molecule has 6 nitrogen and oxygen atoms in total. The minimum Gasteiger partial charge on any atom is -0.490 e. The molecule has 0 saturated carbocycles. The Morgan fingerprint density at radius 1 is 1.08 bits per heavy atom. The maximum Gasteiger partial charge on any atom is 0.331 e. The summed E-state index contributed by atoms with van der Waals surface area (Å²) in [6, 6.07) is 20.6. The molecule has 1 saturated heterocycles. The smallest absolute Gasteiger partial charge is 0.331 e. The highest BCUT2D eigenvalue weighted by molar-refractivity contribution is 9.10. The van der Waals surface area contributed by atoms with Crippen molar-refractivity contribution in [2.45, 2.75) is 19.6 Å². The van der Waals surface area contributed by atoms with Crippen LogP contribution in [-0.2, 0) is 16.2 Å². The number of amides is 1. The van der Waals surface area contributed by atoms with Crippen molar-refractivity contribution in [3.8, 4) is 11.5 Å². The zero-order valence-corrected chi connectivity index (χ0v) is 22.4. The average Bonchev–Trinajstić information content (AvgIpc) is 3.13. The second-order valence-electron chi connectivity index (χ2n) is 7.76. The van der Waals surface area contributed by atoms with E-state index in [2.05, 4.69) is 15.9 Å². The molecule has 3 aromatic rings. The predicted molar refractivity (Wildman–Crippen MR) is 148 cm³/mol. The van der Waals surface area contributed by atoms with Crippen LogP contribution >= 0.6 is 39.9 Å². The van der Waals surface area contributed by atoms with E-state index >= 15 is 0 Å². The largest absolute Gasteiger partial charge is 0.490 e. The van der Waals surface area contributed by atoms with Crippen molar-refractivity contribution in [2.24, 2.45) is 0 Å². The van der Waals surface area contributed by atoms with Gasteiger partial charge in [-0.3, -0.25) is 9.69 Å². The van der Waals surface area contributed by atoms with E-state index in [0.29, 0.717) is 40.7 Å². The molecule has 1 fully saturated rings. The minimum atomic E-state index is -1.20. The fourth-order valence-electron chi connectivity index (χ4n) is 3.63. The molecule has 0 radical (unpaired) electrons. The van der Waals surface area contributed by atoms with Crippen LogP contribution in [0.15, 0.2) is 82.2 Å². The number of carboxylic acids is 1. The lowest BCUT2D eigenvalue weighted by molar-refractivity contribution is -0.145. The van der Waals surface area contributed by atoms with Gasteiger partial charge in [-0.25, -0.2) is 4.79 Å². The van der Waals surface area contributed by atoms with Gasteiger partial charge >= 0.3 is 5.97 Å². The van der Waals surface area contributed by atoms with Gasteiger partial charge in [-0.1, -0.05) is 88.4 Å². The van der Waals surface area contributed by atoms with Gasteiger partial charge in [0.25, 0.3) is 5.91 Å². The maximum absolute atomic E-state index is 13.2. The average molecular weight is 585 g/mol. The molecule has 1 amide bonds. The number of benzene rings is 3. The molecular weight excluding hydrogens is 562 g/mol. The molecule has 36 heavy (non-hydrogen) atoms. The Hall–Kier alpha value is -3.14. The highest BCUT2D eigenvalue weighted by Crippen LogP contribution is 2.39. The number of halogens is 1. The Morgan fingerprint density at radius 3 is 2.47 bits per heavy atom. The third kappa shape index (κ3) is 5.98. The Bertz CT molecular complexity index is 1310. The molecule has 1 heterocycles. The fraction of sp³-hybridized carbons (Fsp3) is 0.148. The summed E-state index contributed by atoms with van der Waals surface area (Å²) in [4.78, 5) is 26.8. The summed E-state index contributed by atoms with van der Waals surface area (Å²) < 4.78 is 12.9. The van der Waals surface area contributed by atoms with Crippen LogP contribution in [0.25, 0.3) is 6.08 Å². The summed E-state index contributed by atoms with van der Waals surface area (Å²) in [6.45, 7) is 2.70. The van der Waals surface area contributed by atoms with Crippen LogP contribution in [0.1, 0.15) is 29.7 Å². The molecule has 1 N–H and O–H groups in total. The molecule has 1 aliphatic rings. The first-order valence-electron chi connectivity index (χ1n) is 11.1. The number of hydrogen-bond donors (Lipinski definition) is 1. The minimum absolute atomic E-state index is 0.196. The molecule has 3 aromatic carbocycles. The molecule has 0 bridgehead atoms. The lowest BCUT2D eigenvalue weighted by Crippen LogP contribution is -2.37. The van der Waals surface area contributed by atoms with Gasteiger partial charge in [-0.05, 0) is 54.0 Å². The van der Waals surface area contributed by atoms with Gasteiger partial charge < -0.3 is 14.6 Å². The van der Waals surface area contributed by atoms with Crippen LogP contribution in [0, 0.1) is 0 Å². The van der Waals surface area contributed by atoms with Crippen molar-refractivity contribution in [1.82, 2.24) is 4.90 Å². The topological polar surface area (TPSA) is 76.1 Å². The van der Waals surface area contributed by atoms with Gasteiger partial charge in [0, 0.05) is 4.47 Å². The Morgan fingerprint density at radius 2 is 1.81 bits per heavy atom. The quantitative estimate of drug-likeness (QED) is 0.229. The second-order valence-corrected chi connectivity index (χ2v) is 10.3. The highest BCUT2D eigenvalue weighted by atomic mass is 79.9. The molecule has 0 aromatic heterocycles. The SMILES string of the molecule is CCOc1cc(/C=C2/SC(=S)N(C(C(=O)O)c3ccccc3)C2=O)ccc1OCc1ccc(Br)cc1. The van der Waals surface area contributed by atoms with Gasteiger partial charge in [0.2, 0.25) is 0 Å². The summed E-state index contributed by atoms with van der Waals surface area (Å²) in [7, 11) is 0. The molecule has 184 valence electrons. The van der Waals surface area contributed by atoms with Crippen LogP contribution in [0.2, 0.25) is 0 Å². The number of ether oxygens (including phenoxy) is 2. The van der Waals surface area contributed by atoms with Crippen molar-refractivity contribution < 1.29 is 24.2 Å². The summed E-state index contributed by atoms with van der Waals surface area (Å²) >= 11 is 9.90. The van der Waals surface area contributed by atoms with Crippen LogP contribution in [0.5, 0.6) is 11.5 Å². The number of hydrogen-bond acceptors (Lipinski definition) is 6. The van der Waals surface area contributed by atoms with Gasteiger partial charge in [0.05, 0.1) is 11.5 Å². The third-order valence-electron chi connectivity index (χ3n) is 5.30. The van der Waals surface area contributed by atoms with E-state index < -0.39 is 17.9 Å². The summed E-state index contributed by atoms with van der Waals surface area (Å²) in [5.41, 5.74) is 2.20. The van der Waals surface area contributed by atoms with E-state index in [4.69, 9.17) is 21.7 Å². The number of aliphatic carboxylic acids is 1. The Balaban J connectivity index is 1.56. The van der Waals surface area contributed by atoms with Crippen molar-refractivity contribution in [3.05, 3.63) is 98.9 Å². The number of rotatable bonds is 9. The van der Waals surface area contributed by atoms with Gasteiger partial charge in [-0.2, -0.15) is 0 Å². The fourth-order valence-corrected chi connectivity index (χ4v) is 5.21. The number of nitrogens with zero attached hydrogens (tertiary/aromatic N) is 1. The zero-order valence-electron chi connectivity index (χ0n) is 19.2. The first kappa shape index (κ1) is 25.9. The first-order valence-corrected chi connectivity index (χ1v) is 13.1. The molecule has 1 aliphatic heterocycles. The van der Waals surface area contributed by atoms with Gasteiger partial charge in [0.15, 0.2) is 17.5 Å². The van der Waals surface area contributed by atoms with E-state index in [1.165, 1.54) is 0 Å². The maximum atomic E-state index is 13.2. The van der Waals surface area contributed by atoms with E-state index in [9.17, 15) is 14.7 Å². The van der Waals surface area contributed by atoms with Crippen LogP contribution in [0.3, 0.4) is 0 Å². The van der Waals surface area contributed by atoms with Crippen molar-refractivity contribution in [1.29, 1.82) is 0 Å². The van der Waals surface area contributed by atoms with E-state index in [-0.39, 0.29) is 4.32 Å². The summed E-state index contributed by atoms with van der Waals surface area (Å²) in [5.74, 6) is -0.467. The van der Waals surface area contributed by atoms with Crippen molar-refractivity contribution in [3.63, 3.8) is 0 Å². The normalized spacial score (nSPS) is 15.3. The van der Waals surface area contributed by atoms with Crippen molar-refractivity contribution in [2.75, 3.05) is 6.61 Å². The number of carbonyl (C=O) groups excluding carboxylic acids is 1. The third-order valence-corrected chi connectivity index (χ3v) is 7.16. The lowest BCUT2D eigenvalue weighted by atomic mass is 10.1. The van der Waals surface area contributed by atoms with Crippen LogP contribution in [-0.4, -0.2) is 32.8 Å². The summed E-state index contributed by atoms with van der Waals surface area (Å²) in [5, 5.41) is 9.86.